The van der Waals surface area contributed by atoms with Crippen LogP contribution in [-0.2, 0) is 4.74 Å². The number of rotatable bonds is 4. The molecular weight excluding hydrogens is 389 g/mol. The average Bonchev–Trinajstić information content (AvgIpc) is 2.91. The Kier molecular flexibility index (Phi) is 7.72. The number of alkyl halides is 1. The van der Waals surface area contributed by atoms with Crippen LogP contribution < -0.4 is 0 Å². The predicted molar refractivity (Wildman–Crippen MR) is 90.3 cm³/mol. The maximum atomic E-state index is 14.0. The summed E-state index contributed by atoms with van der Waals surface area (Å²) in [6.45, 7) is 7.48. The minimum absolute atomic E-state index is 0.0309. The van der Waals surface area contributed by atoms with Crippen LogP contribution >= 0.6 is 27.5 Å². The Morgan fingerprint density at radius 2 is 2.13 bits per heavy atom. The van der Waals surface area contributed by atoms with Crippen LogP contribution in [0.5, 0.6) is 0 Å². The van der Waals surface area contributed by atoms with Crippen molar-refractivity contribution in [1.82, 2.24) is 5.16 Å². The van der Waals surface area contributed by atoms with Crippen molar-refractivity contribution < 1.29 is 18.4 Å². The highest BCUT2D eigenvalue weighted by Gasteiger charge is 2.28. The van der Waals surface area contributed by atoms with Crippen LogP contribution in [0.1, 0.15) is 53.5 Å². The van der Waals surface area contributed by atoms with Crippen LogP contribution in [0.15, 0.2) is 27.2 Å². The molecule has 0 aliphatic carbocycles. The zero-order valence-corrected chi connectivity index (χ0v) is 15.7. The summed E-state index contributed by atoms with van der Waals surface area (Å²) in [5.74, 6) is -0.785. The number of esters is 1. The number of aromatic nitrogens is 1. The van der Waals surface area contributed by atoms with Crippen molar-refractivity contribution in [2.75, 3.05) is 6.61 Å². The monoisotopic (exact) mass is 405 g/mol. The van der Waals surface area contributed by atoms with Gasteiger partial charge in [-0.05, 0) is 26.0 Å². The summed E-state index contributed by atoms with van der Waals surface area (Å²) < 4.78 is 24.5. The molecule has 4 nitrogen and oxygen atoms in total. The van der Waals surface area contributed by atoms with Crippen LogP contribution in [0.4, 0.5) is 4.39 Å². The normalized spacial score (nSPS) is 11.4. The van der Waals surface area contributed by atoms with Crippen molar-refractivity contribution in [1.29, 1.82) is 0 Å². The average molecular weight is 407 g/mol. The van der Waals surface area contributed by atoms with E-state index >= 15 is 0 Å². The van der Waals surface area contributed by atoms with Gasteiger partial charge in [0.15, 0.2) is 5.69 Å². The van der Waals surface area contributed by atoms with Gasteiger partial charge in [0, 0.05) is 10.0 Å². The second-order valence-electron chi connectivity index (χ2n) is 4.25. The Bertz CT molecular complexity index is 675. The SMILES string of the molecule is CC.CCOC(=O)c1noc(C)c1C(Cl)c1ccc(Br)cc1F. The molecule has 126 valence electrons. The second-order valence-corrected chi connectivity index (χ2v) is 5.60. The molecule has 0 aliphatic heterocycles. The van der Waals surface area contributed by atoms with E-state index in [1.807, 2.05) is 13.8 Å². The lowest BCUT2D eigenvalue weighted by Crippen LogP contribution is -2.10. The standard InChI is InChI=1S/C14H12BrClFNO3.C2H6/c1-3-20-14(19)13-11(7(2)21-18-13)12(16)9-5-4-8(15)6-10(9)17;1-2/h4-6,12H,3H2,1-2H3;1-2H3. The third-order valence-corrected chi connectivity index (χ3v) is 3.81. The van der Waals surface area contributed by atoms with Gasteiger partial charge in [-0.2, -0.15) is 0 Å². The Labute approximate surface area is 148 Å². The van der Waals surface area contributed by atoms with E-state index in [2.05, 4.69) is 21.1 Å². The van der Waals surface area contributed by atoms with Crippen LogP contribution in [0.2, 0.25) is 0 Å². The van der Waals surface area contributed by atoms with Gasteiger partial charge in [0.25, 0.3) is 0 Å². The van der Waals surface area contributed by atoms with Gasteiger partial charge in [0.05, 0.1) is 17.5 Å². The fraction of sp³-hybridized carbons (Fsp3) is 0.375. The minimum atomic E-state index is -0.899. The van der Waals surface area contributed by atoms with E-state index in [9.17, 15) is 9.18 Å². The van der Waals surface area contributed by atoms with E-state index in [1.54, 1.807) is 26.0 Å². The van der Waals surface area contributed by atoms with Crippen molar-refractivity contribution >= 4 is 33.5 Å². The molecule has 1 aromatic heterocycles. The summed E-state index contributed by atoms with van der Waals surface area (Å²) in [5.41, 5.74) is 0.518. The van der Waals surface area contributed by atoms with Gasteiger partial charge in [0.2, 0.25) is 0 Å². The van der Waals surface area contributed by atoms with Crippen molar-refractivity contribution in [3.8, 4) is 0 Å². The number of carbonyl (C=O) groups excluding carboxylic acids is 1. The molecular formula is C16H18BrClFNO3. The number of hydrogen-bond donors (Lipinski definition) is 0. The third-order valence-electron chi connectivity index (χ3n) is 2.87. The fourth-order valence-corrected chi connectivity index (χ4v) is 2.65. The lowest BCUT2D eigenvalue weighted by Gasteiger charge is -2.11. The first-order valence-corrected chi connectivity index (χ1v) is 8.41. The van der Waals surface area contributed by atoms with E-state index in [1.165, 1.54) is 6.07 Å². The zero-order chi connectivity index (χ0) is 17.6. The molecule has 1 heterocycles. The molecule has 7 heteroatoms. The highest BCUT2D eigenvalue weighted by atomic mass is 79.9. The second kappa shape index (κ2) is 9.03. The summed E-state index contributed by atoms with van der Waals surface area (Å²) in [4.78, 5) is 11.8. The lowest BCUT2D eigenvalue weighted by atomic mass is 10.0. The summed E-state index contributed by atoms with van der Waals surface area (Å²) in [6.07, 6.45) is 0. The van der Waals surface area contributed by atoms with E-state index < -0.39 is 17.2 Å². The molecule has 0 saturated carbocycles. The molecule has 0 saturated heterocycles. The Hall–Kier alpha value is -1.40. The molecule has 2 aromatic rings. The summed E-state index contributed by atoms with van der Waals surface area (Å²) in [6, 6.07) is 4.51. The molecule has 23 heavy (non-hydrogen) atoms. The molecule has 1 atom stereocenters. The smallest absolute Gasteiger partial charge is 0.360 e. The lowest BCUT2D eigenvalue weighted by molar-refractivity contribution is 0.0513. The van der Waals surface area contributed by atoms with Crippen LogP contribution in [-0.4, -0.2) is 17.7 Å². The van der Waals surface area contributed by atoms with Crippen molar-refractivity contribution in [2.24, 2.45) is 0 Å². The van der Waals surface area contributed by atoms with E-state index in [0.717, 1.165) is 0 Å². The summed E-state index contributed by atoms with van der Waals surface area (Å²) in [5, 5.41) is 2.76. The third kappa shape index (κ3) is 4.54. The van der Waals surface area contributed by atoms with Gasteiger partial charge in [-0.1, -0.05) is 41.0 Å². The number of ether oxygens (including phenoxy) is 1. The summed E-state index contributed by atoms with van der Waals surface area (Å²) >= 11 is 9.50. The minimum Gasteiger partial charge on any atom is -0.461 e. The number of hydrogen-bond acceptors (Lipinski definition) is 4. The maximum Gasteiger partial charge on any atom is 0.360 e. The number of carbonyl (C=O) groups is 1. The maximum absolute atomic E-state index is 14.0. The van der Waals surface area contributed by atoms with E-state index in [0.29, 0.717) is 15.8 Å². The molecule has 1 aromatic carbocycles. The van der Waals surface area contributed by atoms with Crippen molar-refractivity contribution in [3.05, 3.63) is 51.1 Å². The first kappa shape index (κ1) is 19.6. The number of benzene rings is 1. The molecule has 0 radical (unpaired) electrons. The Balaban J connectivity index is 0.00000127. The van der Waals surface area contributed by atoms with E-state index in [-0.39, 0.29) is 17.9 Å². The number of halogens is 3. The Morgan fingerprint density at radius 3 is 2.70 bits per heavy atom. The molecule has 0 N–H and O–H groups in total. The van der Waals surface area contributed by atoms with Crippen LogP contribution in [0.25, 0.3) is 0 Å². The van der Waals surface area contributed by atoms with Gasteiger partial charge in [-0.25, -0.2) is 9.18 Å². The van der Waals surface area contributed by atoms with Gasteiger partial charge >= 0.3 is 5.97 Å². The van der Waals surface area contributed by atoms with Crippen LogP contribution in [0.3, 0.4) is 0 Å². The highest BCUT2D eigenvalue weighted by molar-refractivity contribution is 9.10. The molecule has 0 fully saturated rings. The van der Waals surface area contributed by atoms with Gasteiger partial charge in [-0.15, -0.1) is 11.6 Å². The van der Waals surface area contributed by atoms with E-state index in [4.69, 9.17) is 20.9 Å². The molecule has 0 amide bonds. The van der Waals surface area contributed by atoms with Gasteiger partial charge in [-0.3, -0.25) is 0 Å². The van der Waals surface area contributed by atoms with Crippen molar-refractivity contribution in [2.45, 2.75) is 33.1 Å². The van der Waals surface area contributed by atoms with Crippen LogP contribution in [0, 0.1) is 12.7 Å². The molecule has 0 spiro atoms. The Morgan fingerprint density at radius 1 is 1.48 bits per heavy atom. The van der Waals surface area contributed by atoms with Crippen molar-refractivity contribution in [3.63, 3.8) is 0 Å². The zero-order valence-electron chi connectivity index (χ0n) is 13.3. The summed E-state index contributed by atoms with van der Waals surface area (Å²) in [7, 11) is 0. The largest absolute Gasteiger partial charge is 0.461 e. The molecule has 2 rings (SSSR count). The quantitative estimate of drug-likeness (QED) is 0.503. The first-order valence-electron chi connectivity index (χ1n) is 7.18. The first-order chi connectivity index (χ1) is 11.0. The number of aryl methyl sites for hydroxylation is 1. The molecule has 1 unspecified atom stereocenters. The van der Waals surface area contributed by atoms with Gasteiger partial charge in [0.1, 0.15) is 11.6 Å². The predicted octanol–water partition coefficient (Wildman–Crippen LogP) is 5.42. The fourth-order valence-electron chi connectivity index (χ4n) is 1.89. The molecule has 0 aliphatic rings. The highest BCUT2D eigenvalue weighted by Crippen LogP contribution is 2.35. The number of nitrogens with zero attached hydrogens (tertiary/aromatic N) is 1. The van der Waals surface area contributed by atoms with Gasteiger partial charge < -0.3 is 9.26 Å². The topological polar surface area (TPSA) is 52.3 Å². The molecule has 0 bridgehead atoms.